The molecule has 0 aliphatic rings. The average Bonchev–Trinajstić information content (AvgIpc) is 3.23. The summed E-state index contributed by atoms with van der Waals surface area (Å²) >= 11 is 3.42. The van der Waals surface area contributed by atoms with E-state index in [1.165, 1.54) is 0 Å². The molecular formula is C16H28N6S2. The van der Waals surface area contributed by atoms with E-state index in [-0.39, 0.29) is 0 Å². The number of hydrogen-bond acceptors (Lipinski definition) is 8. The molecule has 0 spiro atoms. The van der Waals surface area contributed by atoms with Crippen LogP contribution in [0.4, 0.5) is 0 Å². The fourth-order valence-corrected chi connectivity index (χ4v) is 3.77. The van der Waals surface area contributed by atoms with Crippen LogP contribution in [0, 0.1) is 0 Å². The average molecular weight is 369 g/mol. The van der Waals surface area contributed by atoms with Gasteiger partial charge in [0.05, 0.1) is 10.0 Å². The lowest BCUT2D eigenvalue weighted by atomic mass is 10.3. The molecule has 8 heteroatoms. The second-order valence-electron chi connectivity index (χ2n) is 5.54. The molecule has 24 heavy (non-hydrogen) atoms. The van der Waals surface area contributed by atoms with E-state index in [0.29, 0.717) is 0 Å². The molecule has 2 rings (SSSR count). The largest absolute Gasteiger partial charge is 0.330 e. The molecule has 0 atom stereocenters. The van der Waals surface area contributed by atoms with Gasteiger partial charge in [-0.05, 0) is 39.0 Å². The molecule has 2 aromatic heterocycles. The maximum absolute atomic E-state index is 5.48. The van der Waals surface area contributed by atoms with Crippen LogP contribution in [0.15, 0.2) is 10.8 Å². The Bertz CT molecular complexity index is 518. The molecule has 0 unspecified atom stereocenters. The van der Waals surface area contributed by atoms with E-state index in [0.717, 1.165) is 86.4 Å². The van der Waals surface area contributed by atoms with Crippen LogP contribution in [0.2, 0.25) is 0 Å². The molecule has 134 valence electrons. The maximum Gasteiger partial charge on any atom is 0.101 e. The molecule has 0 aliphatic carbocycles. The monoisotopic (exact) mass is 368 g/mol. The lowest BCUT2D eigenvalue weighted by Gasteiger charge is -2.01. The molecule has 0 amide bonds. The lowest BCUT2D eigenvalue weighted by Crippen LogP contribution is -2.20. The standard InChI is InChI=1S/C16H28N6S2/c17-5-1-7-19-9-3-15-21-13(11-23-15)14-12-24-16(22-14)4-10-20-8-2-6-18/h11-12,19-20H,1-10,17-18H2. The van der Waals surface area contributed by atoms with Gasteiger partial charge in [-0.25, -0.2) is 9.97 Å². The Hall–Kier alpha value is -0.900. The molecule has 0 saturated heterocycles. The highest BCUT2D eigenvalue weighted by atomic mass is 32.1. The third-order valence-corrected chi connectivity index (χ3v) is 5.33. The minimum absolute atomic E-state index is 0.739. The first-order valence-electron chi connectivity index (χ1n) is 8.54. The van der Waals surface area contributed by atoms with E-state index < -0.39 is 0 Å². The number of nitrogens with one attached hydrogen (secondary N) is 2. The van der Waals surface area contributed by atoms with E-state index in [4.69, 9.17) is 21.4 Å². The summed E-state index contributed by atoms with van der Waals surface area (Å²) in [6.45, 7) is 5.33. The van der Waals surface area contributed by atoms with Gasteiger partial charge in [-0.3, -0.25) is 0 Å². The smallest absolute Gasteiger partial charge is 0.101 e. The van der Waals surface area contributed by atoms with Gasteiger partial charge in [0.15, 0.2) is 0 Å². The van der Waals surface area contributed by atoms with Crippen LogP contribution in [0.1, 0.15) is 22.9 Å². The summed E-state index contributed by atoms with van der Waals surface area (Å²) in [5, 5.41) is 13.3. The van der Waals surface area contributed by atoms with Crippen LogP contribution in [0.3, 0.4) is 0 Å². The molecule has 2 heterocycles. The van der Waals surface area contributed by atoms with Crippen molar-refractivity contribution in [3.63, 3.8) is 0 Å². The van der Waals surface area contributed by atoms with Crippen molar-refractivity contribution in [3.05, 3.63) is 20.8 Å². The Balaban J connectivity index is 1.74. The summed E-state index contributed by atoms with van der Waals surface area (Å²) in [6, 6.07) is 0. The maximum atomic E-state index is 5.48. The zero-order valence-corrected chi connectivity index (χ0v) is 15.7. The summed E-state index contributed by atoms with van der Waals surface area (Å²) in [5.74, 6) is 0. The van der Waals surface area contributed by atoms with Gasteiger partial charge in [0.1, 0.15) is 11.4 Å². The number of nitrogens with two attached hydrogens (primary N) is 2. The van der Waals surface area contributed by atoms with Gasteiger partial charge in [-0.15, -0.1) is 22.7 Å². The SMILES string of the molecule is NCCCNCCc1nc(-c2csc(CCNCCCN)n2)cs1. The molecule has 0 bridgehead atoms. The van der Waals surface area contributed by atoms with E-state index in [1.807, 2.05) is 0 Å². The first-order chi connectivity index (χ1) is 11.8. The quantitative estimate of drug-likeness (QED) is 0.397. The van der Waals surface area contributed by atoms with E-state index >= 15 is 0 Å². The van der Waals surface area contributed by atoms with Gasteiger partial charge in [0.25, 0.3) is 0 Å². The summed E-state index contributed by atoms with van der Waals surface area (Å²) in [6.07, 6.45) is 3.95. The van der Waals surface area contributed by atoms with Crippen LogP contribution in [0.25, 0.3) is 11.4 Å². The second kappa shape index (κ2) is 11.6. The van der Waals surface area contributed by atoms with Crippen LogP contribution >= 0.6 is 22.7 Å². The number of aromatic nitrogens is 2. The van der Waals surface area contributed by atoms with Gasteiger partial charge < -0.3 is 22.1 Å². The summed E-state index contributed by atoms with van der Waals surface area (Å²) in [5.41, 5.74) is 12.9. The first kappa shape index (κ1) is 19.4. The second-order valence-corrected chi connectivity index (χ2v) is 7.42. The van der Waals surface area contributed by atoms with Crippen molar-refractivity contribution in [2.45, 2.75) is 25.7 Å². The Labute approximate surface area is 152 Å². The van der Waals surface area contributed by atoms with Gasteiger partial charge >= 0.3 is 0 Å². The molecule has 0 fully saturated rings. The number of nitrogens with zero attached hydrogens (tertiary/aromatic N) is 2. The van der Waals surface area contributed by atoms with Gasteiger partial charge in [0.2, 0.25) is 0 Å². The van der Waals surface area contributed by atoms with E-state index in [1.54, 1.807) is 22.7 Å². The number of rotatable bonds is 13. The van der Waals surface area contributed by atoms with Crippen LogP contribution in [0.5, 0.6) is 0 Å². The highest BCUT2D eigenvalue weighted by Crippen LogP contribution is 2.24. The lowest BCUT2D eigenvalue weighted by molar-refractivity contribution is 0.652. The van der Waals surface area contributed by atoms with Crippen molar-refractivity contribution in [1.82, 2.24) is 20.6 Å². The van der Waals surface area contributed by atoms with Crippen molar-refractivity contribution in [2.24, 2.45) is 11.5 Å². The van der Waals surface area contributed by atoms with Gasteiger partial charge in [-0.2, -0.15) is 0 Å². The van der Waals surface area contributed by atoms with Crippen molar-refractivity contribution in [3.8, 4) is 11.4 Å². The van der Waals surface area contributed by atoms with Crippen LogP contribution in [-0.4, -0.2) is 49.2 Å². The normalized spacial score (nSPS) is 11.2. The third kappa shape index (κ3) is 6.92. The third-order valence-electron chi connectivity index (χ3n) is 3.51. The highest BCUT2D eigenvalue weighted by Gasteiger charge is 2.09. The Morgan fingerprint density at radius 1 is 0.750 bits per heavy atom. The van der Waals surface area contributed by atoms with Crippen LogP contribution in [-0.2, 0) is 12.8 Å². The van der Waals surface area contributed by atoms with Gasteiger partial charge in [-0.1, -0.05) is 0 Å². The molecule has 0 radical (unpaired) electrons. The van der Waals surface area contributed by atoms with E-state index in [2.05, 4.69) is 21.4 Å². The Morgan fingerprint density at radius 2 is 1.21 bits per heavy atom. The van der Waals surface area contributed by atoms with Crippen molar-refractivity contribution in [2.75, 3.05) is 39.3 Å². The molecule has 0 saturated carbocycles. The first-order valence-corrected chi connectivity index (χ1v) is 10.3. The fraction of sp³-hybridized carbons (Fsp3) is 0.625. The van der Waals surface area contributed by atoms with Crippen LogP contribution < -0.4 is 22.1 Å². The molecule has 0 aliphatic heterocycles. The Morgan fingerprint density at radius 3 is 1.62 bits per heavy atom. The zero-order chi connectivity index (χ0) is 17.0. The van der Waals surface area contributed by atoms with Crippen molar-refractivity contribution < 1.29 is 0 Å². The summed E-state index contributed by atoms with van der Waals surface area (Å²) < 4.78 is 0. The topological polar surface area (TPSA) is 102 Å². The predicted molar refractivity (Wildman–Crippen MR) is 104 cm³/mol. The molecule has 6 N–H and O–H groups in total. The Kier molecular flexibility index (Phi) is 9.40. The highest BCUT2D eigenvalue weighted by molar-refractivity contribution is 7.10. The minimum Gasteiger partial charge on any atom is -0.330 e. The van der Waals surface area contributed by atoms with E-state index in [9.17, 15) is 0 Å². The minimum atomic E-state index is 0.739. The fourth-order valence-electron chi connectivity index (χ4n) is 2.18. The predicted octanol–water partition coefficient (Wildman–Crippen LogP) is 1.23. The van der Waals surface area contributed by atoms with Crippen molar-refractivity contribution >= 4 is 22.7 Å². The molecule has 0 aromatic carbocycles. The summed E-state index contributed by atoms with van der Waals surface area (Å²) in [4.78, 5) is 9.40. The zero-order valence-electron chi connectivity index (χ0n) is 14.1. The number of hydrogen-bond donors (Lipinski definition) is 4. The van der Waals surface area contributed by atoms with Crippen molar-refractivity contribution in [1.29, 1.82) is 0 Å². The summed E-state index contributed by atoms with van der Waals surface area (Å²) in [7, 11) is 0. The molecule has 2 aromatic rings. The molecular weight excluding hydrogens is 340 g/mol. The number of thiazole rings is 2. The van der Waals surface area contributed by atoms with Gasteiger partial charge in [0, 0.05) is 36.7 Å². The molecule has 6 nitrogen and oxygen atoms in total.